The molecule has 7 heteroatoms. The van der Waals surface area contributed by atoms with Gasteiger partial charge in [0.2, 0.25) is 11.8 Å². The molecule has 0 fully saturated rings. The standard InChI is InChI=1S/C24H26N4O3/c1-5-22(29)26-21-13-20(18-8-6-15(2)7-9-18)27-28(24(21)31)14-23(30)25-19-11-16(3)10-17(4)12-19/h6-13H,5,14H2,1-4H3,(H,25,30)(H,26,29). The van der Waals surface area contributed by atoms with Crippen molar-refractivity contribution in [3.63, 3.8) is 0 Å². The first-order valence-corrected chi connectivity index (χ1v) is 10.1. The number of nitrogens with one attached hydrogen (secondary N) is 2. The molecular weight excluding hydrogens is 392 g/mol. The molecule has 2 N–H and O–H groups in total. The van der Waals surface area contributed by atoms with E-state index < -0.39 is 5.56 Å². The molecular formula is C24H26N4O3. The third-order valence-corrected chi connectivity index (χ3v) is 4.72. The molecule has 1 heterocycles. The van der Waals surface area contributed by atoms with Crippen LogP contribution in [-0.2, 0) is 16.1 Å². The summed E-state index contributed by atoms with van der Waals surface area (Å²) in [4.78, 5) is 37.4. The average Bonchev–Trinajstić information content (AvgIpc) is 2.70. The van der Waals surface area contributed by atoms with Crippen molar-refractivity contribution >= 4 is 23.2 Å². The molecule has 160 valence electrons. The fourth-order valence-electron chi connectivity index (χ4n) is 3.23. The maximum absolute atomic E-state index is 12.9. The summed E-state index contributed by atoms with van der Waals surface area (Å²) in [7, 11) is 0. The molecule has 0 saturated carbocycles. The van der Waals surface area contributed by atoms with Gasteiger partial charge in [0.1, 0.15) is 12.2 Å². The number of rotatable bonds is 6. The second kappa shape index (κ2) is 9.38. The zero-order valence-corrected chi connectivity index (χ0v) is 18.2. The first-order chi connectivity index (χ1) is 14.7. The molecule has 0 spiro atoms. The molecule has 3 rings (SSSR count). The number of hydrogen-bond donors (Lipinski definition) is 2. The summed E-state index contributed by atoms with van der Waals surface area (Å²) >= 11 is 0. The van der Waals surface area contributed by atoms with Gasteiger partial charge >= 0.3 is 0 Å². The Labute approximate surface area is 181 Å². The fourth-order valence-corrected chi connectivity index (χ4v) is 3.23. The van der Waals surface area contributed by atoms with Gasteiger partial charge in [0.15, 0.2) is 0 Å². The van der Waals surface area contributed by atoms with Gasteiger partial charge in [-0.15, -0.1) is 0 Å². The highest BCUT2D eigenvalue weighted by Gasteiger charge is 2.15. The predicted molar refractivity (Wildman–Crippen MR) is 122 cm³/mol. The zero-order chi connectivity index (χ0) is 22.5. The van der Waals surface area contributed by atoms with Gasteiger partial charge in [-0.1, -0.05) is 42.8 Å². The fraction of sp³-hybridized carbons (Fsp3) is 0.250. The lowest BCUT2D eigenvalue weighted by molar-refractivity contribution is -0.117. The van der Waals surface area contributed by atoms with Gasteiger partial charge in [0.05, 0.1) is 5.69 Å². The summed E-state index contributed by atoms with van der Waals surface area (Å²) in [5, 5.41) is 9.80. The molecule has 0 saturated heterocycles. The highest BCUT2D eigenvalue weighted by molar-refractivity contribution is 5.92. The van der Waals surface area contributed by atoms with Crippen LogP contribution in [0.2, 0.25) is 0 Å². The molecule has 0 radical (unpaired) electrons. The Hall–Kier alpha value is -3.74. The molecule has 2 aromatic carbocycles. The van der Waals surface area contributed by atoms with E-state index in [-0.39, 0.29) is 30.5 Å². The van der Waals surface area contributed by atoms with Crippen LogP contribution >= 0.6 is 0 Å². The monoisotopic (exact) mass is 418 g/mol. The number of nitrogens with zero attached hydrogens (tertiary/aromatic N) is 2. The number of aryl methyl sites for hydroxylation is 3. The molecule has 2 amide bonds. The van der Waals surface area contributed by atoms with E-state index in [0.717, 1.165) is 26.9 Å². The van der Waals surface area contributed by atoms with E-state index >= 15 is 0 Å². The zero-order valence-electron chi connectivity index (χ0n) is 18.2. The van der Waals surface area contributed by atoms with Gasteiger partial charge in [-0.25, -0.2) is 4.68 Å². The number of aromatic nitrogens is 2. The molecule has 3 aromatic rings. The van der Waals surface area contributed by atoms with Crippen molar-refractivity contribution in [2.75, 3.05) is 10.6 Å². The van der Waals surface area contributed by atoms with E-state index in [1.54, 1.807) is 13.0 Å². The van der Waals surface area contributed by atoms with E-state index in [4.69, 9.17) is 0 Å². The Bertz CT molecular complexity index is 1160. The second-order valence-electron chi connectivity index (χ2n) is 7.60. The Morgan fingerprint density at radius 1 is 0.871 bits per heavy atom. The van der Waals surface area contributed by atoms with Crippen LogP contribution in [0.5, 0.6) is 0 Å². The molecule has 0 aliphatic rings. The van der Waals surface area contributed by atoms with Crippen LogP contribution in [0.25, 0.3) is 11.3 Å². The number of carbonyl (C=O) groups excluding carboxylic acids is 2. The summed E-state index contributed by atoms with van der Waals surface area (Å²) in [5.74, 6) is -0.669. The van der Waals surface area contributed by atoms with Crippen molar-refractivity contribution in [3.05, 3.63) is 75.6 Å². The molecule has 0 unspecified atom stereocenters. The van der Waals surface area contributed by atoms with Crippen molar-refractivity contribution in [1.29, 1.82) is 0 Å². The number of carbonyl (C=O) groups is 2. The van der Waals surface area contributed by atoms with E-state index in [2.05, 4.69) is 15.7 Å². The summed E-state index contributed by atoms with van der Waals surface area (Å²) in [6.45, 7) is 7.29. The summed E-state index contributed by atoms with van der Waals surface area (Å²) in [6.07, 6.45) is 0.231. The van der Waals surface area contributed by atoms with Gasteiger partial charge < -0.3 is 10.6 Å². The van der Waals surface area contributed by atoms with Crippen LogP contribution in [0.15, 0.2) is 53.3 Å². The lowest BCUT2D eigenvalue weighted by Gasteiger charge is -2.12. The first kappa shape index (κ1) is 22.0. The topological polar surface area (TPSA) is 93.1 Å². The quantitative estimate of drug-likeness (QED) is 0.636. The molecule has 0 bridgehead atoms. The number of benzene rings is 2. The number of amides is 2. The maximum atomic E-state index is 12.9. The van der Waals surface area contributed by atoms with Crippen LogP contribution in [0.1, 0.15) is 30.0 Å². The average molecular weight is 418 g/mol. The van der Waals surface area contributed by atoms with Gasteiger partial charge in [-0.05, 0) is 50.1 Å². The second-order valence-corrected chi connectivity index (χ2v) is 7.60. The lowest BCUT2D eigenvalue weighted by atomic mass is 10.1. The van der Waals surface area contributed by atoms with Gasteiger partial charge in [-0.2, -0.15) is 5.10 Å². The first-order valence-electron chi connectivity index (χ1n) is 10.1. The van der Waals surface area contributed by atoms with Gasteiger partial charge in [0.25, 0.3) is 5.56 Å². The minimum atomic E-state index is -0.534. The van der Waals surface area contributed by atoms with Crippen molar-refractivity contribution < 1.29 is 9.59 Å². The molecule has 1 aromatic heterocycles. The van der Waals surface area contributed by atoms with Crippen LogP contribution in [-0.4, -0.2) is 21.6 Å². The van der Waals surface area contributed by atoms with Crippen LogP contribution in [0.4, 0.5) is 11.4 Å². The molecule has 7 nitrogen and oxygen atoms in total. The predicted octanol–water partition coefficient (Wildman–Crippen LogP) is 3.82. The Kier molecular flexibility index (Phi) is 6.65. The van der Waals surface area contributed by atoms with Gasteiger partial charge in [-0.3, -0.25) is 14.4 Å². The number of anilines is 2. The molecule has 0 atom stereocenters. The van der Waals surface area contributed by atoms with Crippen molar-refractivity contribution in [1.82, 2.24) is 9.78 Å². The summed E-state index contributed by atoms with van der Waals surface area (Å²) < 4.78 is 1.08. The Balaban J connectivity index is 1.95. The molecule has 0 aliphatic carbocycles. The molecule has 0 aliphatic heterocycles. The van der Waals surface area contributed by atoms with E-state index in [9.17, 15) is 14.4 Å². The van der Waals surface area contributed by atoms with Crippen molar-refractivity contribution in [2.24, 2.45) is 0 Å². The van der Waals surface area contributed by atoms with Crippen molar-refractivity contribution in [2.45, 2.75) is 40.7 Å². The van der Waals surface area contributed by atoms with Crippen molar-refractivity contribution in [3.8, 4) is 11.3 Å². The third-order valence-electron chi connectivity index (χ3n) is 4.72. The Morgan fingerprint density at radius 3 is 2.13 bits per heavy atom. The minimum absolute atomic E-state index is 0.0941. The molecule has 31 heavy (non-hydrogen) atoms. The normalized spacial score (nSPS) is 10.6. The van der Waals surface area contributed by atoms with Crippen LogP contribution in [0.3, 0.4) is 0 Å². The highest BCUT2D eigenvalue weighted by atomic mass is 16.2. The summed E-state index contributed by atoms with van der Waals surface area (Å²) in [6, 6.07) is 14.9. The SMILES string of the molecule is CCC(=O)Nc1cc(-c2ccc(C)cc2)nn(CC(=O)Nc2cc(C)cc(C)c2)c1=O. The lowest BCUT2D eigenvalue weighted by Crippen LogP contribution is -2.32. The summed E-state index contributed by atoms with van der Waals surface area (Å²) in [5.41, 5.74) is 4.62. The maximum Gasteiger partial charge on any atom is 0.291 e. The van der Waals surface area contributed by atoms with E-state index in [1.807, 2.05) is 63.2 Å². The van der Waals surface area contributed by atoms with E-state index in [0.29, 0.717) is 11.4 Å². The number of hydrogen-bond acceptors (Lipinski definition) is 4. The minimum Gasteiger partial charge on any atom is -0.324 e. The van der Waals surface area contributed by atoms with Crippen LogP contribution < -0.4 is 16.2 Å². The van der Waals surface area contributed by atoms with Crippen LogP contribution in [0, 0.1) is 20.8 Å². The third kappa shape index (κ3) is 5.66. The Morgan fingerprint density at radius 2 is 1.52 bits per heavy atom. The van der Waals surface area contributed by atoms with E-state index in [1.165, 1.54) is 0 Å². The highest BCUT2D eigenvalue weighted by Crippen LogP contribution is 2.19. The largest absolute Gasteiger partial charge is 0.324 e. The smallest absolute Gasteiger partial charge is 0.291 e. The van der Waals surface area contributed by atoms with Gasteiger partial charge in [0, 0.05) is 17.7 Å².